The van der Waals surface area contributed by atoms with E-state index in [2.05, 4.69) is 19.2 Å². The Hall–Kier alpha value is -1.84. The van der Waals surface area contributed by atoms with Crippen LogP contribution in [0.1, 0.15) is 58.8 Å². The van der Waals surface area contributed by atoms with Crippen molar-refractivity contribution in [2.24, 2.45) is 5.92 Å². The molecule has 1 aromatic rings. The van der Waals surface area contributed by atoms with Gasteiger partial charge >= 0.3 is 0 Å². The highest BCUT2D eigenvalue weighted by Crippen LogP contribution is 2.25. The SMILES string of the molecule is CCCC(CCC)C(=O)Nc1cccc(N2CCCCC2=O)c1. The topological polar surface area (TPSA) is 49.4 Å². The summed E-state index contributed by atoms with van der Waals surface area (Å²) in [5.74, 6) is 0.343. The van der Waals surface area contributed by atoms with Gasteiger partial charge in [-0.3, -0.25) is 9.59 Å². The first-order valence-corrected chi connectivity index (χ1v) is 8.87. The van der Waals surface area contributed by atoms with Gasteiger partial charge < -0.3 is 10.2 Å². The van der Waals surface area contributed by atoms with Crippen molar-refractivity contribution in [1.82, 2.24) is 0 Å². The number of nitrogens with one attached hydrogen (secondary N) is 1. The molecule has 1 heterocycles. The quantitative estimate of drug-likeness (QED) is 0.812. The number of piperidine rings is 1. The highest BCUT2D eigenvalue weighted by Gasteiger charge is 2.20. The molecular formula is C19H28N2O2. The van der Waals surface area contributed by atoms with E-state index in [0.29, 0.717) is 6.42 Å². The lowest BCUT2D eigenvalue weighted by molar-refractivity contribution is -0.120. The molecule has 2 amide bonds. The van der Waals surface area contributed by atoms with Gasteiger partial charge in [0, 0.05) is 30.3 Å². The predicted molar refractivity (Wildman–Crippen MR) is 94.6 cm³/mol. The molecule has 2 rings (SSSR count). The van der Waals surface area contributed by atoms with Crippen molar-refractivity contribution in [3.8, 4) is 0 Å². The van der Waals surface area contributed by atoms with E-state index < -0.39 is 0 Å². The van der Waals surface area contributed by atoms with Gasteiger partial charge in [-0.15, -0.1) is 0 Å². The Morgan fingerprint density at radius 1 is 1.22 bits per heavy atom. The molecule has 1 aliphatic heterocycles. The molecule has 4 nitrogen and oxygen atoms in total. The first kappa shape index (κ1) is 17.5. The molecule has 0 aliphatic carbocycles. The van der Waals surface area contributed by atoms with E-state index in [1.807, 2.05) is 29.2 Å². The van der Waals surface area contributed by atoms with Crippen LogP contribution in [0.3, 0.4) is 0 Å². The Bertz CT molecular complexity index is 536. The highest BCUT2D eigenvalue weighted by molar-refractivity contribution is 5.96. The minimum absolute atomic E-state index is 0.0743. The molecule has 1 aliphatic rings. The summed E-state index contributed by atoms with van der Waals surface area (Å²) < 4.78 is 0. The summed E-state index contributed by atoms with van der Waals surface area (Å²) in [7, 11) is 0. The minimum Gasteiger partial charge on any atom is -0.326 e. The summed E-state index contributed by atoms with van der Waals surface area (Å²) in [6.07, 6.45) is 6.50. The third-order valence-corrected chi connectivity index (χ3v) is 4.39. The van der Waals surface area contributed by atoms with Crippen LogP contribution < -0.4 is 10.2 Å². The fraction of sp³-hybridized carbons (Fsp3) is 0.579. The lowest BCUT2D eigenvalue weighted by atomic mass is 9.97. The third-order valence-electron chi connectivity index (χ3n) is 4.39. The zero-order valence-electron chi connectivity index (χ0n) is 14.3. The second kappa shape index (κ2) is 8.70. The maximum absolute atomic E-state index is 12.5. The highest BCUT2D eigenvalue weighted by atomic mass is 16.2. The van der Waals surface area contributed by atoms with Gasteiger partial charge in [-0.1, -0.05) is 32.8 Å². The van der Waals surface area contributed by atoms with Crippen LogP contribution in [0, 0.1) is 5.92 Å². The first-order valence-electron chi connectivity index (χ1n) is 8.87. The number of anilines is 2. The number of nitrogens with zero attached hydrogens (tertiary/aromatic N) is 1. The van der Waals surface area contributed by atoms with Gasteiger partial charge in [0.05, 0.1) is 0 Å². The van der Waals surface area contributed by atoms with Gasteiger partial charge in [0.2, 0.25) is 11.8 Å². The van der Waals surface area contributed by atoms with Crippen molar-refractivity contribution in [2.75, 3.05) is 16.8 Å². The van der Waals surface area contributed by atoms with Crippen molar-refractivity contribution >= 4 is 23.2 Å². The summed E-state index contributed by atoms with van der Waals surface area (Å²) in [6.45, 7) is 4.99. The standard InChI is InChI=1S/C19H28N2O2/c1-3-8-15(9-4-2)19(23)20-16-10-7-11-17(14-16)21-13-6-5-12-18(21)22/h7,10-11,14-15H,3-6,8-9,12-13H2,1-2H3,(H,20,23). The van der Waals surface area contributed by atoms with Crippen LogP contribution in [0.2, 0.25) is 0 Å². The molecule has 1 saturated heterocycles. The monoisotopic (exact) mass is 316 g/mol. The normalized spacial score (nSPS) is 15.1. The van der Waals surface area contributed by atoms with Crippen molar-refractivity contribution < 1.29 is 9.59 Å². The Morgan fingerprint density at radius 3 is 2.61 bits per heavy atom. The van der Waals surface area contributed by atoms with E-state index in [1.54, 1.807) is 0 Å². The van der Waals surface area contributed by atoms with E-state index in [9.17, 15) is 9.59 Å². The summed E-state index contributed by atoms with van der Waals surface area (Å²) in [4.78, 5) is 26.3. The molecule has 126 valence electrons. The summed E-state index contributed by atoms with van der Waals surface area (Å²) >= 11 is 0. The molecular weight excluding hydrogens is 288 g/mol. The maximum Gasteiger partial charge on any atom is 0.227 e. The fourth-order valence-corrected chi connectivity index (χ4v) is 3.18. The predicted octanol–water partition coefficient (Wildman–Crippen LogP) is 4.36. The first-order chi connectivity index (χ1) is 11.2. The van der Waals surface area contributed by atoms with Crippen molar-refractivity contribution in [1.29, 1.82) is 0 Å². The molecule has 4 heteroatoms. The molecule has 0 atom stereocenters. The molecule has 0 bridgehead atoms. The number of rotatable bonds is 7. The molecule has 0 unspecified atom stereocenters. The van der Waals surface area contributed by atoms with E-state index in [4.69, 9.17) is 0 Å². The van der Waals surface area contributed by atoms with E-state index in [-0.39, 0.29) is 17.7 Å². The van der Waals surface area contributed by atoms with Crippen molar-refractivity contribution in [2.45, 2.75) is 58.8 Å². The van der Waals surface area contributed by atoms with Crippen LogP contribution in [0.15, 0.2) is 24.3 Å². The molecule has 0 saturated carbocycles. The lowest BCUT2D eigenvalue weighted by Gasteiger charge is -2.27. The number of benzene rings is 1. The average Bonchev–Trinajstić information content (AvgIpc) is 2.55. The number of hydrogen-bond acceptors (Lipinski definition) is 2. The zero-order valence-corrected chi connectivity index (χ0v) is 14.3. The Labute approximate surface area is 139 Å². The molecule has 23 heavy (non-hydrogen) atoms. The number of hydrogen-bond donors (Lipinski definition) is 1. The molecule has 0 radical (unpaired) electrons. The smallest absolute Gasteiger partial charge is 0.227 e. The van der Waals surface area contributed by atoms with Crippen molar-refractivity contribution in [3.05, 3.63) is 24.3 Å². The van der Waals surface area contributed by atoms with Crippen LogP contribution in [0.25, 0.3) is 0 Å². The largest absolute Gasteiger partial charge is 0.326 e. The molecule has 1 aromatic carbocycles. The number of carbonyl (C=O) groups excluding carboxylic acids is 2. The second-order valence-corrected chi connectivity index (χ2v) is 6.32. The van der Waals surface area contributed by atoms with Gasteiger partial charge in [-0.2, -0.15) is 0 Å². The van der Waals surface area contributed by atoms with Crippen LogP contribution in [0.5, 0.6) is 0 Å². The third kappa shape index (κ3) is 4.81. The maximum atomic E-state index is 12.5. The lowest BCUT2D eigenvalue weighted by Crippen LogP contribution is -2.35. The molecule has 0 spiro atoms. The van der Waals surface area contributed by atoms with Gasteiger partial charge in [0.25, 0.3) is 0 Å². The molecule has 1 fully saturated rings. The van der Waals surface area contributed by atoms with Gasteiger partial charge in [0.15, 0.2) is 0 Å². The Balaban J connectivity index is 2.07. The molecule has 0 aromatic heterocycles. The summed E-state index contributed by atoms with van der Waals surface area (Å²) in [6, 6.07) is 7.65. The van der Waals surface area contributed by atoms with Crippen LogP contribution in [-0.4, -0.2) is 18.4 Å². The Morgan fingerprint density at radius 2 is 1.96 bits per heavy atom. The van der Waals surface area contributed by atoms with E-state index in [1.165, 1.54) is 0 Å². The van der Waals surface area contributed by atoms with Gasteiger partial charge in [0.1, 0.15) is 0 Å². The van der Waals surface area contributed by atoms with Gasteiger partial charge in [-0.25, -0.2) is 0 Å². The zero-order chi connectivity index (χ0) is 16.7. The number of amides is 2. The van der Waals surface area contributed by atoms with E-state index >= 15 is 0 Å². The van der Waals surface area contributed by atoms with E-state index in [0.717, 1.165) is 56.4 Å². The van der Waals surface area contributed by atoms with Crippen molar-refractivity contribution in [3.63, 3.8) is 0 Å². The molecule has 1 N–H and O–H groups in total. The summed E-state index contributed by atoms with van der Waals surface area (Å²) in [5, 5.41) is 3.03. The minimum atomic E-state index is 0.0743. The second-order valence-electron chi connectivity index (χ2n) is 6.32. The Kier molecular flexibility index (Phi) is 6.63. The van der Waals surface area contributed by atoms with Crippen LogP contribution in [-0.2, 0) is 9.59 Å². The number of carbonyl (C=O) groups is 2. The van der Waals surface area contributed by atoms with Crippen LogP contribution >= 0.6 is 0 Å². The average molecular weight is 316 g/mol. The summed E-state index contributed by atoms with van der Waals surface area (Å²) in [5.41, 5.74) is 1.66. The fourth-order valence-electron chi connectivity index (χ4n) is 3.18. The van der Waals surface area contributed by atoms with Gasteiger partial charge in [-0.05, 0) is 43.9 Å². The van der Waals surface area contributed by atoms with Crippen LogP contribution in [0.4, 0.5) is 11.4 Å².